The molecule has 1 nitrogen and oxygen atoms in total. The molecule has 0 radical (unpaired) electrons. The molecule has 0 fully saturated rings. The summed E-state index contributed by atoms with van der Waals surface area (Å²) in [6.45, 7) is 0. The van der Waals surface area contributed by atoms with Gasteiger partial charge in [-0.3, -0.25) is 4.79 Å². The van der Waals surface area contributed by atoms with Crippen LogP contribution < -0.4 is 0 Å². The third-order valence-electron chi connectivity index (χ3n) is 2.21. The van der Waals surface area contributed by atoms with E-state index in [1.807, 2.05) is 0 Å². The number of thiophene rings is 1. The van der Waals surface area contributed by atoms with E-state index in [-0.39, 0.29) is 10.4 Å². The maximum Gasteiger partial charge on any atom is 0.417 e. The topological polar surface area (TPSA) is 17.1 Å². The molecule has 0 atom stereocenters. The van der Waals surface area contributed by atoms with Crippen molar-refractivity contribution < 1.29 is 18.0 Å². The molecule has 0 spiro atoms. The molecule has 5 heteroatoms. The lowest BCUT2D eigenvalue weighted by molar-refractivity contribution is -0.137. The van der Waals surface area contributed by atoms with Gasteiger partial charge >= 0.3 is 6.18 Å². The second-order valence-electron chi connectivity index (χ2n) is 3.36. The normalized spacial score (nSPS) is 11.5. The minimum Gasteiger partial charge on any atom is -0.288 e. The van der Waals surface area contributed by atoms with Crippen LogP contribution in [0.5, 0.6) is 0 Å². The zero-order valence-corrected chi connectivity index (χ0v) is 9.31. The number of hydrogen-bond donors (Lipinski definition) is 0. The molecule has 2 rings (SSSR count). The Bertz CT molecular complexity index is 528. The first-order chi connectivity index (χ1) is 8.00. The van der Waals surface area contributed by atoms with Gasteiger partial charge in [0.25, 0.3) is 0 Å². The lowest BCUT2D eigenvalue weighted by Crippen LogP contribution is -2.10. The molecule has 1 heterocycles. The third-order valence-corrected chi connectivity index (χ3v) is 3.13. The van der Waals surface area contributed by atoms with Gasteiger partial charge in [-0.1, -0.05) is 30.3 Å². The molecule has 0 unspecified atom stereocenters. The summed E-state index contributed by atoms with van der Waals surface area (Å²) in [5, 5.41) is 1.28. The van der Waals surface area contributed by atoms with Gasteiger partial charge in [0.05, 0.1) is 10.4 Å². The van der Waals surface area contributed by atoms with Gasteiger partial charge in [0.15, 0.2) is 0 Å². The van der Waals surface area contributed by atoms with E-state index in [4.69, 9.17) is 0 Å². The summed E-state index contributed by atoms with van der Waals surface area (Å²) in [5.41, 5.74) is -0.600. The molecule has 0 amide bonds. The molecule has 17 heavy (non-hydrogen) atoms. The van der Waals surface area contributed by atoms with Crippen LogP contribution in [-0.2, 0) is 6.18 Å². The highest BCUT2D eigenvalue weighted by molar-refractivity contribution is 7.12. The summed E-state index contributed by atoms with van der Waals surface area (Å²) in [6.07, 6.45) is -4.49. The highest BCUT2D eigenvalue weighted by atomic mass is 32.1. The van der Waals surface area contributed by atoms with Gasteiger partial charge in [-0.15, -0.1) is 11.3 Å². The van der Waals surface area contributed by atoms with Gasteiger partial charge in [-0.2, -0.15) is 13.2 Å². The van der Waals surface area contributed by atoms with Crippen LogP contribution in [0, 0.1) is 0 Å². The lowest BCUT2D eigenvalue weighted by Gasteiger charge is -2.06. The molecule has 0 saturated heterocycles. The standard InChI is InChI=1S/C12H7F3OS/c13-12(14,15)9-6-7-17-11(9)10(16)8-4-2-1-3-5-8/h1-7H. The number of carbonyl (C=O) groups excluding carboxylic acids is 1. The van der Waals surface area contributed by atoms with Crippen molar-refractivity contribution in [3.8, 4) is 0 Å². The number of alkyl halides is 3. The van der Waals surface area contributed by atoms with Gasteiger partial charge in [-0.25, -0.2) is 0 Å². The van der Waals surface area contributed by atoms with E-state index >= 15 is 0 Å². The average Bonchev–Trinajstić information content (AvgIpc) is 2.78. The summed E-state index contributed by atoms with van der Waals surface area (Å²) < 4.78 is 37.8. The zero-order chi connectivity index (χ0) is 12.5. The van der Waals surface area contributed by atoms with Gasteiger partial charge in [0.1, 0.15) is 0 Å². The summed E-state index contributed by atoms with van der Waals surface area (Å²) in [4.78, 5) is 11.6. The Hall–Kier alpha value is -1.62. The van der Waals surface area contributed by atoms with Crippen molar-refractivity contribution in [1.29, 1.82) is 0 Å². The maximum absolute atomic E-state index is 12.6. The molecule has 1 aromatic heterocycles. The minimum atomic E-state index is -4.49. The van der Waals surface area contributed by atoms with Crippen LogP contribution in [0.2, 0.25) is 0 Å². The SMILES string of the molecule is O=C(c1ccccc1)c1sccc1C(F)(F)F. The predicted molar refractivity (Wildman–Crippen MR) is 59.2 cm³/mol. The summed E-state index contributed by atoms with van der Waals surface area (Å²) >= 11 is 0.810. The van der Waals surface area contributed by atoms with Gasteiger partial charge in [0.2, 0.25) is 5.78 Å². The highest BCUT2D eigenvalue weighted by Crippen LogP contribution is 2.35. The molecule has 0 N–H and O–H groups in total. The second kappa shape index (κ2) is 4.33. The molecular weight excluding hydrogens is 249 g/mol. The number of halogens is 3. The van der Waals surface area contributed by atoms with Crippen LogP contribution in [0.3, 0.4) is 0 Å². The van der Waals surface area contributed by atoms with Gasteiger partial charge < -0.3 is 0 Å². The second-order valence-corrected chi connectivity index (χ2v) is 4.27. The van der Waals surface area contributed by atoms with Crippen LogP contribution >= 0.6 is 11.3 Å². The van der Waals surface area contributed by atoms with Gasteiger partial charge in [-0.05, 0) is 11.4 Å². The van der Waals surface area contributed by atoms with Crippen molar-refractivity contribution in [2.45, 2.75) is 6.18 Å². The number of rotatable bonds is 2. The molecule has 2 aromatic rings. The van der Waals surface area contributed by atoms with Gasteiger partial charge in [0, 0.05) is 5.56 Å². The number of ketones is 1. The number of carbonyl (C=O) groups is 1. The Balaban J connectivity index is 2.43. The quantitative estimate of drug-likeness (QED) is 0.742. The largest absolute Gasteiger partial charge is 0.417 e. The molecule has 0 bridgehead atoms. The van der Waals surface area contributed by atoms with Crippen molar-refractivity contribution in [1.82, 2.24) is 0 Å². The van der Waals surface area contributed by atoms with Crippen molar-refractivity contribution in [2.24, 2.45) is 0 Å². The van der Waals surface area contributed by atoms with Crippen molar-refractivity contribution in [2.75, 3.05) is 0 Å². The Morgan fingerprint density at radius 2 is 1.71 bits per heavy atom. The number of benzene rings is 1. The first-order valence-corrected chi connectivity index (χ1v) is 5.62. The maximum atomic E-state index is 12.6. The summed E-state index contributed by atoms with van der Waals surface area (Å²) in [7, 11) is 0. The fraction of sp³-hybridized carbons (Fsp3) is 0.0833. The fourth-order valence-electron chi connectivity index (χ4n) is 1.43. The van der Waals surface area contributed by atoms with E-state index in [1.165, 1.54) is 17.5 Å². The van der Waals surface area contributed by atoms with Crippen molar-refractivity contribution in [3.63, 3.8) is 0 Å². The van der Waals surface area contributed by atoms with Crippen molar-refractivity contribution in [3.05, 3.63) is 57.8 Å². The molecule has 88 valence electrons. The van der Waals surface area contributed by atoms with E-state index in [9.17, 15) is 18.0 Å². The zero-order valence-electron chi connectivity index (χ0n) is 8.49. The predicted octanol–water partition coefficient (Wildman–Crippen LogP) is 4.00. The summed E-state index contributed by atoms with van der Waals surface area (Å²) in [6, 6.07) is 8.88. The summed E-state index contributed by atoms with van der Waals surface area (Å²) in [5.74, 6) is -0.590. The molecule has 0 aliphatic heterocycles. The molecule has 0 aliphatic carbocycles. The van der Waals surface area contributed by atoms with Crippen LogP contribution in [0.15, 0.2) is 41.8 Å². The highest BCUT2D eigenvalue weighted by Gasteiger charge is 2.36. The van der Waals surface area contributed by atoms with Crippen LogP contribution in [0.4, 0.5) is 13.2 Å². The van der Waals surface area contributed by atoms with Crippen LogP contribution in [0.25, 0.3) is 0 Å². The van der Waals surface area contributed by atoms with Crippen molar-refractivity contribution >= 4 is 17.1 Å². The first-order valence-electron chi connectivity index (χ1n) is 4.74. The van der Waals surface area contributed by atoms with E-state index in [1.54, 1.807) is 18.2 Å². The Morgan fingerprint density at radius 3 is 2.29 bits per heavy atom. The fourth-order valence-corrected chi connectivity index (χ4v) is 2.30. The molecule has 0 saturated carbocycles. The van der Waals surface area contributed by atoms with E-state index in [0.29, 0.717) is 0 Å². The smallest absolute Gasteiger partial charge is 0.288 e. The van der Waals surface area contributed by atoms with E-state index in [0.717, 1.165) is 17.4 Å². The monoisotopic (exact) mass is 256 g/mol. The third kappa shape index (κ3) is 2.39. The lowest BCUT2D eigenvalue weighted by atomic mass is 10.1. The molecule has 1 aromatic carbocycles. The number of hydrogen-bond acceptors (Lipinski definition) is 2. The Labute approximate surface area is 99.5 Å². The van der Waals surface area contributed by atoms with Crippen LogP contribution in [-0.4, -0.2) is 5.78 Å². The van der Waals surface area contributed by atoms with E-state index < -0.39 is 17.5 Å². The minimum absolute atomic E-state index is 0.260. The average molecular weight is 256 g/mol. The van der Waals surface area contributed by atoms with Crippen LogP contribution in [0.1, 0.15) is 20.8 Å². The Kier molecular flexibility index (Phi) is 3.02. The molecular formula is C12H7F3OS. The first kappa shape index (κ1) is 11.9. The molecule has 0 aliphatic rings. The Morgan fingerprint density at radius 1 is 1.06 bits per heavy atom. The van der Waals surface area contributed by atoms with E-state index in [2.05, 4.69) is 0 Å².